The molecule has 0 radical (unpaired) electrons. The van der Waals surface area contributed by atoms with E-state index in [2.05, 4.69) is 42.8 Å². The highest BCUT2D eigenvalue weighted by molar-refractivity contribution is 9.10. The molecule has 0 aromatic heterocycles. The van der Waals surface area contributed by atoms with Crippen molar-refractivity contribution in [2.75, 3.05) is 6.61 Å². The van der Waals surface area contributed by atoms with Gasteiger partial charge in [0.2, 0.25) is 0 Å². The molecule has 2 N–H and O–H groups in total. The van der Waals surface area contributed by atoms with E-state index in [0.29, 0.717) is 6.61 Å². The van der Waals surface area contributed by atoms with Crippen LogP contribution in [-0.4, -0.2) is 24.4 Å². The molecule has 2 unspecified atom stereocenters. The van der Waals surface area contributed by atoms with Crippen molar-refractivity contribution in [3.05, 3.63) is 28.2 Å². The highest BCUT2D eigenvalue weighted by atomic mass is 79.9. The van der Waals surface area contributed by atoms with Crippen molar-refractivity contribution in [2.45, 2.75) is 64.2 Å². The molecule has 118 valence electrons. The van der Waals surface area contributed by atoms with Crippen molar-refractivity contribution in [3.63, 3.8) is 0 Å². The van der Waals surface area contributed by atoms with Crippen molar-refractivity contribution >= 4 is 15.9 Å². The maximum absolute atomic E-state index is 6.05. The fraction of sp³-hybridized carbons (Fsp3) is 0.647. The summed E-state index contributed by atoms with van der Waals surface area (Å²) in [5.74, 6) is 0.893. The van der Waals surface area contributed by atoms with Crippen molar-refractivity contribution in [1.29, 1.82) is 0 Å². The molecule has 1 heterocycles. The van der Waals surface area contributed by atoms with E-state index in [9.17, 15) is 0 Å². The van der Waals surface area contributed by atoms with Crippen molar-refractivity contribution in [1.82, 2.24) is 0 Å². The summed E-state index contributed by atoms with van der Waals surface area (Å²) in [7, 11) is 0. The Morgan fingerprint density at radius 2 is 2.24 bits per heavy atom. The zero-order valence-corrected chi connectivity index (χ0v) is 14.8. The van der Waals surface area contributed by atoms with Gasteiger partial charge in [-0.15, -0.1) is 0 Å². The fourth-order valence-electron chi connectivity index (χ4n) is 2.61. The smallest absolute Gasteiger partial charge is 0.119 e. The average Bonchev–Trinajstić information content (AvgIpc) is 2.79. The maximum atomic E-state index is 6.05. The first-order valence-electron chi connectivity index (χ1n) is 7.74. The zero-order valence-electron chi connectivity index (χ0n) is 13.2. The predicted octanol–water partition coefficient (Wildman–Crippen LogP) is 4.07. The molecule has 0 saturated carbocycles. The SMILES string of the molecule is CCC(N)Cc1cc(OCC2CCC(C)(C)O2)ccc1Br. The van der Waals surface area contributed by atoms with Crippen LogP contribution in [0.2, 0.25) is 0 Å². The third-order valence-corrected chi connectivity index (χ3v) is 4.79. The van der Waals surface area contributed by atoms with E-state index >= 15 is 0 Å². The molecule has 0 spiro atoms. The van der Waals surface area contributed by atoms with E-state index in [0.717, 1.165) is 35.9 Å². The van der Waals surface area contributed by atoms with E-state index in [1.165, 1.54) is 5.56 Å². The number of benzene rings is 1. The summed E-state index contributed by atoms with van der Waals surface area (Å²) in [5.41, 5.74) is 7.24. The normalized spacial score (nSPS) is 22.2. The largest absolute Gasteiger partial charge is 0.491 e. The lowest BCUT2D eigenvalue weighted by Crippen LogP contribution is -2.24. The Morgan fingerprint density at radius 1 is 1.48 bits per heavy atom. The first-order chi connectivity index (χ1) is 9.89. The highest BCUT2D eigenvalue weighted by Crippen LogP contribution is 2.30. The van der Waals surface area contributed by atoms with Crippen LogP contribution in [0.1, 0.15) is 45.6 Å². The first kappa shape index (κ1) is 16.8. The molecule has 0 bridgehead atoms. The van der Waals surface area contributed by atoms with Crippen LogP contribution >= 0.6 is 15.9 Å². The number of ether oxygens (including phenoxy) is 2. The summed E-state index contributed by atoms with van der Waals surface area (Å²) in [5, 5.41) is 0. The summed E-state index contributed by atoms with van der Waals surface area (Å²) >= 11 is 3.58. The summed E-state index contributed by atoms with van der Waals surface area (Å²) in [6.45, 7) is 7.00. The van der Waals surface area contributed by atoms with Crippen LogP contribution in [-0.2, 0) is 11.2 Å². The number of halogens is 1. The van der Waals surface area contributed by atoms with E-state index in [1.807, 2.05) is 12.1 Å². The molecule has 0 aliphatic carbocycles. The zero-order chi connectivity index (χ0) is 15.5. The minimum atomic E-state index is -0.00714. The van der Waals surface area contributed by atoms with E-state index in [1.54, 1.807) is 0 Å². The number of rotatable bonds is 6. The molecular weight excluding hydrogens is 330 g/mol. The molecule has 0 amide bonds. The van der Waals surface area contributed by atoms with Crippen molar-refractivity contribution < 1.29 is 9.47 Å². The fourth-order valence-corrected chi connectivity index (χ4v) is 3.02. The van der Waals surface area contributed by atoms with Crippen LogP contribution in [0.15, 0.2) is 22.7 Å². The molecule has 1 aliphatic rings. The van der Waals surface area contributed by atoms with Gasteiger partial charge in [0.1, 0.15) is 12.4 Å². The minimum absolute atomic E-state index is 0.00714. The third-order valence-electron chi connectivity index (χ3n) is 4.01. The van der Waals surface area contributed by atoms with Crippen molar-refractivity contribution in [2.24, 2.45) is 5.73 Å². The van der Waals surface area contributed by atoms with Crippen molar-refractivity contribution in [3.8, 4) is 5.75 Å². The van der Waals surface area contributed by atoms with E-state index < -0.39 is 0 Å². The average molecular weight is 356 g/mol. The lowest BCUT2D eigenvalue weighted by molar-refractivity contribution is -0.0326. The second-order valence-corrected chi connectivity index (χ2v) is 7.33. The number of hydrogen-bond acceptors (Lipinski definition) is 3. The Bertz CT molecular complexity index is 476. The molecule has 1 aromatic carbocycles. The lowest BCUT2D eigenvalue weighted by Gasteiger charge is -2.19. The monoisotopic (exact) mass is 355 g/mol. The van der Waals surface area contributed by atoms with Crippen LogP contribution in [0.4, 0.5) is 0 Å². The van der Waals surface area contributed by atoms with Gasteiger partial charge in [0.05, 0.1) is 11.7 Å². The van der Waals surface area contributed by atoms with Gasteiger partial charge in [0.15, 0.2) is 0 Å². The summed E-state index contributed by atoms with van der Waals surface area (Å²) in [6.07, 6.45) is 4.20. The lowest BCUT2D eigenvalue weighted by atomic mass is 10.0. The van der Waals surface area contributed by atoms with Gasteiger partial charge >= 0.3 is 0 Å². The van der Waals surface area contributed by atoms with Crippen LogP contribution in [0.3, 0.4) is 0 Å². The first-order valence-corrected chi connectivity index (χ1v) is 8.53. The minimum Gasteiger partial charge on any atom is -0.491 e. The van der Waals surface area contributed by atoms with Crippen LogP contribution in [0, 0.1) is 0 Å². The van der Waals surface area contributed by atoms with Gasteiger partial charge in [-0.05, 0) is 63.3 Å². The summed E-state index contributed by atoms with van der Waals surface area (Å²) < 4.78 is 13.0. The Labute approximate surface area is 136 Å². The Kier molecular flexibility index (Phi) is 5.69. The number of nitrogens with two attached hydrogens (primary N) is 1. The molecule has 1 saturated heterocycles. The van der Waals surface area contributed by atoms with Gasteiger partial charge < -0.3 is 15.2 Å². The third kappa shape index (κ3) is 4.97. The van der Waals surface area contributed by atoms with Gasteiger partial charge in [-0.3, -0.25) is 0 Å². The molecule has 3 nitrogen and oxygen atoms in total. The van der Waals surface area contributed by atoms with E-state index in [4.69, 9.17) is 15.2 Å². The van der Waals surface area contributed by atoms with Gasteiger partial charge in [-0.2, -0.15) is 0 Å². The van der Waals surface area contributed by atoms with Gasteiger partial charge in [-0.25, -0.2) is 0 Å². The van der Waals surface area contributed by atoms with Gasteiger partial charge in [-0.1, -0.05) is 22.9 Å². The highest BCUT2D eigenvalue weighted by Gasteiger charge is 2.31. The second-order valence-electron chi connectivity index (χ2n) is 6.47. The van der Waals surface area contributed by atoms with E-state index in [-0.39, 0.29) is 17.7 Å². The molecule has 1 aromatic rings. The molecule has 21 heavy (non-hydrogen) atoms. The molecule has 2 atom stereocenters. The molecular formula is C17H26BrNO2. The Morgan fingerprint density at radius 3 is 2.86 bits per heavy atom. The molecule has 4 heteroatoms. The quantitative estimate of drug-likeness (QED) is 0.836. The second kappa shape index (κ2) is 7.12. The topological polar surface area (TPSA) is 44.5 Å². The molecule has 1 aliphatic heterocycles. The summed E-state index contributed by atoms with van der Waals surface area (Å²) in [4.78, 5) is 0. The molecule has 1 fully saturated rings. The Balaban J connectivity index is 1.93. The van der Waals surface area contributed by atoms with Crippen LogP contribution < -0.4 is 10.5 Å². The van der Waals surface area contributed by atoms with Gasteiger partial charge in [0.25, 0.3) is 0 Å². The number of hydrogen-bond donors (Lipinski definition) is 1. The van der Waals surface area contributed by atoms with Crippen LogP contribution in [0.5, 0.6) is 5.75 Å². The summed E-state index contributed by atoms with van der Waals surface area (Å²) in [6, 6.07) is 6.30. The predicted molar refractivity (Wildman–Crippen MR) is 89.8 cm³/mol. The molecule has 2 rings (SSSR count). The van der Waals surface area contributed by atoms with Crippen LogP contribution in [0.25, 0.3) is 0 Å². The maximum Gasteiger partial charge on any atom is 0.119 e. The Hall–Kier alpha value is -0.580. The van der Waals surface area contributed by atoms with Gasteiger partial charge in [0, 0.05) is 10.5 Å². The standard InChI is InChI=1S/C17H26BrNO2/c1-4-13(19)9-12-10-14(5-6-16(12)18)20-11-15-7-8-17(2,3)21-15/h5-6,10,13,15H,4,7-9,11,19H2,1-3H3.